The van der Waals surface area contributed by atoms with Crippen LogP contribution < -0.4 is 5.46 Å². The van der Waals surface area contributed by atoms with Gasteiger partial charge >= 0.3 is 7.05 Å². The van der Waals surface area contributed by atoms with Gasteiger partial charge in [0.2, 0.25) is 0 Å². The molecule has 0 spiro atoms. The van der Waals surface area contributed by atoms with E-state index in [9.17, 15) is 5.11 Å². The highest BCUT2D eigenvalue weighted by Crippen LogP contribution is 2.65. The zero-order chi connectivity index (χ0) is 19.5. The number of H-pyrrole nitrogens is 1. The first-order chi connectivity index (χ1) is 14.0. The van der Waals surface area contributed by atoms with Crippen LogP contribution in [0.3, 0.4) is 0 Å². The van der Waals surface area contributed by atoms with Crippen molar-refractivity contribution >= 4 is 29.3 Å². The third-order valence-corrected chi connectivity index (χ3v) is 8.76. The Morgan fingerprint density at radius 2 is 2.24 bits per heavy atom. The molecule has 5 aliphatic rings. The zero-order valence-electron chi connectivity index (χ0n) is 17.1. The molecule has 29 heavy (non-hydrogen) atoms. The minimum Gasteiger partial charge on any atom is -0.412 e. The van der Waals surface area contributed by atoms with Gasteiger partial charge in [-0.15, -0.1) is 0 Å². The summed E-state index contributed by atoms with van der Waals surface area (Å²) >= 11 is 0. The van der Waals surface area contributed by atoms with Gasteiger partial charge in [0, 0.05) is 46.9 Å². The average Bonchev–Trinajstić information content (AvgIpc) is 3.40. The topological polar surface area (TPSA) is 73.7 Å². The maximum Gasteiger partial charge on any atom is 0.471 e. The van der Waals surface area contributed by atoms with Crippen molar-refractivity contribution in [3.05, 3.63) is 24.0 Å². The molecule has 7 heteroatoms. The Balaban J connectivity index is 1.45. The number of hydrogen-bond acceptors (Lipinski definition) is 5. The Kier molecular flexibility index (Phi) is 3.05. The Labute approximate surface area is 170 Å². The highest BCUT2D eigenvalue weighted by Gasteiger charge is 2.65. The average molecular weight is 390 g/mol. The van der Waals surface area contributed by atoms with E-state index in [4.69, 9.17) is 14.7 Å². The molecule has 4 fully saturated rings. The van der Waals surface area contributed by atoms with Crippen molar-refractivity contribution in [1.82, 2.24) is 14.9 Å². The standard InChI is InChI=1S/C22H27BN4O2/c1-21(2)6-8-29-23-16-11-25-20-14(4-7-24-20)18(16)19(26-27(21)23)17-12-9-15-13(17)3-5-22(15,28)10-12/h4,7,11-13,15,17,28H,3,5-6,8-10H2,1-2H3,(H,24,25)/t12-,13+,15-,17?,22-/m1/s1. The first-order valence-corrected chi connectivity index (χ1v) is 11.1. The van der Waals surface area contributed by atoms with Crippen molar-refractivity contribution in [3.63, 3.8) is 0 Å². The van der Waals surface area contributed by atoms with Gasteiger partial charge < -0.3 is 19.7 Å². The third kappa shape index (κ3) is 2.01. The lowest BCUT2D eigenvalue weighted by Gasteiger charge is -2.48. The van der Waals surface area contributed by atoms with Crippen LogP contribution in [0, 0.1) is 23.7 Å². The SMILES string of the molecule is CC1(C)CCOB2c3cnc4[nH]ccc4c3C(C3[C@@H]4C[C@@H]5[C@@H]3CC[C@@]5(O)C4)=NN21. The van der Waals surface area contributed by atoms with E-state index < -0.39 is 5.60 Å². The van der Waals surface area contributed by atoms with E-state index in [0.717, 1.165) is 55.2 Å². The minimum atomic E-state index is -0.401. The van der Waals surface area contributed by atoms with Gasteiger partial charge in [0.05, 0.1) is 11.3 Å². The second-order valence-electron chi connectivity index (χ2n) is 10.6. The normalized spacial score (nSPS) is 39.1. The maximum atomic E-state index is 11.1. The third-order valence-electron chi connectivity index (χ3n) is 8.76. The fourth-order valence-electron chi connectivity index (χ4n) is 7.42. The molecule has 1 unspecified atom stereocenters. The Hall–Kier alpha value is -1.86. The van der Waals surface area contributed by atoms with E-state index in [1.807, 2.05) is 12.4 Å². The monoisotopic (exact) mass is 390 g/mol. The molecule has 1 saturated heterocycles. The summed E-state index contributed by atoms with van der Waals surface area (Å²) in [5.41, 5.74) is 4.10. The largest absolute Gasteiger partial charge is 0.471 e. The number of nitrogens with one attached hydrogen (secondary N) is 1. The predicted molar refractivity (Wildman–Crippen MR) is 112 cm³/mol. The first kappa shape index (κ1) is 16.9. The van der Waals surface area contributed by atoms with Crippen molar-refractivity contribution in [2.75, 3.05) is 6.61 Å². The maximum absolute atomic E-state index is 11.1. The van der Waals surface area contributed by atoms with Crippen LogP contribution in [-0.2, 0) is 4.65 Å². The van der Waals surface area contributed by atoms with Gasteiger partial charge in [0.1, 0.15) is 5.65 Å². The number of aliphatic hydroxyl groups is 1. The Morgan fingerprint density at radius 1 is 1.34 bits per heavy atom. The van der Waals surface area contributed by atoms with Gasteiger partial charge in [-0.05, 0) is 69.8 Å². The fraction of sp³-hybridized carbons (Fsp3) is 0.636. The number of pyridine rings is 1. The number of hydrazone groups is 1. The summed E-state index contributed by atoms with van der Waals surface area (Å²) in [6, 6.07) is 2.14. The van der Waals surface area contributed by atoms with Crippen LogP contribution in [-0.4, -0.2) is 50.5 Å². The van der Waals surface area contributed by atoms with Gasteiger partial charge in [-0.25, -0.2) is 4.98 Å². The number of rotatable bonds is 1. The second kappa shape index (κ2) is 5.24. The molecule has 3 saturated carbocycles. The van der Waals surface area contributed by atoms with Crippen LogP contribution in [0.2, 0.25) is 0 Å². The fourth-order valence-corrected chi connectivity index (χ4v) is 7.42. The van der Waals surface area contributed by atoms with Gasteiger partial charge in [-0.2, -0.15) is 5.10 Å². The van der Waals surface area contributed by atoms with Gasteiger partial charge in [-0.1, -0.05) is 0 Å². The van der Waals surface area contributed by atoms with Crippen LogP contribution >= 0.6 is 0 Å². The molecule has 5 atom stereocenters. The van der Waals surface area contributed by atoms with Crippen LogP contribution in [0.4, 0.5) is 0 Å². The summed E-state index contributed by atoms with van der Waals surface area (Å²) in [7, 11) is -0.164. The van der Waals surface area contributed by atoms with Crippen molar-refractivity contribution in [2.24, 2.45) is 28.8 Å². The summed E-state index contributed by atoms with van der Waals surface area (Å²) in [6.45, 7) is 5.28. The molecule has 0 aromatic carbocycles. The molecule has 6 nitrogen and oxygen atoms in total. The first-order valence-electron chi connectivity index (χ1n) is 11.1. The zero-order valence-corrected chi connectivity index (χ0v) is 17.1. The lowest BCUT2D eigenvalue weighted by atomic mass is 9.62. The molecule has 2 aliphatic heterocycles. The van der Waals surface area contributed by atoms with Crippen LogP contribution in [0.15, 0.2) is 23.6 Å². The predicted octanol–water partition coefficient (Wildman–Crippen LogP) is 2.27. The molecule has 2 bridgehead atoms. The lowest BCUT2D eigenvalue weighted by Crippen LogP contribution is -2.64. The number of nitrogens with zero attached hydrogens (tertiary/aromatic N) is 3. The quantitative estimate of drug-likeness (QED) is 0.733. The van der Waals surface area contributed by atoms with Crippen molar-refractivity contribution in [3.8, 4) is 0 Å². The molecule has 2 N–H and O–H groups in total. The minimum absolute atomic E-state index is 0.0486. The van der Waals surface area contributed by atoms with Crippen LogP contribution in [0.5, 0.6) is 0 Å². The molecule has 2 aromatic rings. The Bertz CT molecular complexity index is 1060. The molecule has 2 aromatic heterocycles. The van der Waals surface area contributed by atoms with Crippen LogP contribution in [0.25, 0.3) is 11.0 Å². The number of fused-ring (bicyclic) bond motifs is 6. The summed E-state index contributed by atoms with van der Waals surface area (Å²) in [4.78, 5) is 10.2. The number of aromatic amines is 1. The van der Waals surface area contributed by atoms with Gasteiger partial charge in [-0.3, -0.25) is 0 Å². The van der Waals surface area contributed by atoms with Gasteiger partial charge in [0.15, 0.2) is 0 Å². The molecule has 3 aliphatic carbocycles. The highest BCUT2D eigenvalue weighted by molar-refractivity contribution is 6.68. The van der Waals surface area contributed by atoms with E-state index in [1.54, 1.807) is 0 Å². The smallest absolute Gasteiger partial charge is 0.412 e. The van der Waals surface area contributed by atoms with E-state index in [-0.39, 0.29) is 12.6 Å². The Morgan fingerprint density at radius 3 is 3.14 bits per heavy atom. The van der Waals surface area contributed by atoms with E-state index in [1.165, 1.54) is 11.3 Å². The molecule has 4 heterocycles. The molecular weight excluding hydrogens is 363 g/mol. The lowest BCUT2D eigenvalue weighted by molar-refractivity contribution is -0.00315. The highest BCUT2D eigenvalue weighted by atomic mass is 16.4. The molecular formula is C22H27BN4O2. The van der Waals surface area contributed by atoms with E-state index >= 15 is 0 Å². The number of hydrogen-bond donors (Lipinski definition) is 2. The molecule has 7 rings (SSSR count). The summed E-state index contributed by atoms with van der Waals surface area (Å²) in [5.74, 6) is 1.98. The van der Waals surface area contributed by atoms with Crippen molar-refractivity contribution in [1.29, 1.82) is 0 Å². The van der Waals surface area contributed by atoms with E-state index in [2.05, 4.69) is 29.8 Å². The molecule has 0 amide bonds. The summed E-state index contributed by atoms with van der Waals surface area (Å²) < 4.78 is 6.25. The second-order valence-corrected chi connectivity index (χ2v) is 10.6. The summed E-state index contributed by atoms with van der Waals surface area (Å²) in [5, 5.41) is 17.6. The van der Waals surface area contributed by atoms with Crippen molar-refractivity contribution < 1.29 is 9.76 Å². The van der Waals surface area contributed by atoms with E-state index in [0.29, 0.717) is 23.7 Å². The molecule has 150 valence electrons. The van der Waals surface area contributed by atoms with Crippen LogP contribution in [0.1, 0.15) is 51.5 Å². The number of aromatic nitrogens is 2. The summed E-state index contributed by atoms with van der Waals surface area (Å²) in [6.07, 6.45) is 9.13. The van der Waals surface area contributed by atoms with Gasteiger partial charge in [0.25, 0.3) is 0 Å². The molecule has 0 radical (unpaired) electrons. The van der Waals surface area contributed by atoms with Crippen molar-refractivity contribution in [2.45, 2.75) is 57.1 Å².